The number of carbonyl (C=O) groups excluding carboxylic acids is 1. The fourth-order valence-corrected chi connectivity index (χ4v) is 1.35. The lowest BCUT2D eigenvalue weighted by molar-refractivity contribution is -0.0000114. The predicted molar refractivity (Wildman–Crippen MR) is 64.0 cm³/mol. The summed E-state index contributed by atoms with van der Waals surface area (Å²) in [6.45, 7) is 0. The molecule has 0 radical (unpaired) electrons. The number of ketones is 1. The normalized spacial score (nSPS) is 10.1. The van der Waals surface area contributed by atoms with Crippen LogP contribution in [0.3, 0.4) is 0 Å². The molecule has 1 heterocycles. The van der Waals surface area contributed by atoms with Crippen LogP contribution in [-0.4, -0.2) is 10.8 Å². The highest BCUT2D eigenvalue weighted by atomic mass is 35.5. The number of hydrogen-bond donors (Lipinski definition) is 0. The lowest BCUT2D eigenvalue weighted by Gasteiger charge is -1.94. The number of nitrogens with zero attached hydrogens (tertiary/aromatic N) is 1. The van der Waals surface area contributed by atoms with Crippen LogP contribution in [0.1, 0.15) is 15.9 Å². The molecule has 92 valence electrons. The van der Waals surface area contributed by atoms with Gasteiger partial charge in [-0.1, -0.05) is 18.2 Å². The second kappa shape index (κ2) is 6.67. The van der Waals surface area contributed by atoms with Gasteiger partial charge < -0.3 is 12.4 Å². The summed E-state index contributed by atoms with van der Waals surface area (Å²) >= 11 is 0. The van der Waals surface area contributed by atoms with Gasteiger partial charge in [-0.3, -0.25) is 9.78 Å². The maximum Gasteiger partial charge on any atom is 0.187 e. The average Bonchev–Trinajstić information content (AvgIpc) is 2.39. The third kappa shape index (κ3) is 3.79. The van der Waals surface area contributed by atoms with E-state index in [1.54, 1.807) is 36.5 Å². The van der Waals surface area contributed by atoms with E-state index < -0.39 is 0 Å². The number of halogens is 2. The van der Waals surface area contributed by atoms with Crippen molar-refractivity contribution in [1.29, 1.82) is 0 Å². The molecule has 4 heteroatoms. The summed E-state index contributed by atoms with van der Waals surface area (Å²) in [5.74, 6) is -0.414. The van der Waals surface area contributed by atoms with Gasteiger partial charge in [-0.15, -0.1) is 0 Å². The molecule has 2 aromatic rings. The molecule has 1 aromatic heterocycles. The van der Waals surface area contributed by atoms with Gasteiger partial charge in [0.2, 0.25) is 0 Å². The summed E-state index contributed by atoms with van der Waals surface area (Å²) in [6, 6.07) is 9.34. The molecule has 18 heavy (non-hydrogen) atoms. The largest absolute Gasteiger partial charge is 1.00 e. The molecule has 0 aliphatic rings. The predicted octanol–water partition coefficient (Wildman–Crippen LogP) is 0.121. The molecule has 0 atom stereocenters. The summed E-state index contributed by atoms with van der Waals surface area (Å²) in [5, 5.41) is 0. The minimum Gasteiger partial charge on any atom is -1.00 e. The maximum atomic E-state index is 12.7. The van der Waals surface area contributed by atoms with Gasteiger partial charge in [0.05, 0.1) is 0 Å². The van der Waals surface area contributed by atoms with Gasteiger partial charge in [0.15, 0.2) is 5.78 Å². The monoisotopic (exact) mass is 262 g/mol. The maximum absolute atomic E-state index is 12.7. The highest BCUT2D eigenvalue weighted by Gasteiger charge is 1.99. The number of benzene rings is 1. The van der Waals surface area contributed by atoms with Crippen LogP contribution in [0, 0.1) is 5.82 Å². The van der Waals surface area contributed by atoms with Crippen molar-refractivity contribution in [3.8, 4) is 0 Å². The molecule has 0 unspecified atom stereocenters. The highest BCUT2D eigenvalue weighted by molar-refractivity contribution is 6.06. The van der Waals surface area contributed by atoms with Gasteiger partial charge in [0.1, 0.15) is 5.82 Å². The molecule has 0 aliphatic carbocycles. The Bertz CT molecular complexity index is 537. The van der Waals surface area contributed by atoms with Crippen molar-refractivity contribution in [3.05, 3.63) is 71.8 Å². The highest BCUT2D eigenvalue weighted by Crippen LogP contribution is 2.06. The minimum absolute atomic E-state index is 0. The van der Waals surface area contributed by atoms with Crippen molar-refractivity contribution in [3.63, 3.8) is 0 Å². The van der Waals surface area contributed by atoms with Crippen LogP contribution in [0.2, 0.25) is 0 Å². The van der Waals surface area contributed by atoms with E-state index in [2.05, 4.69) is 4.98 Å². The van der Waals surface area contributed by atoms with E-state index in [0.717, 1.165) is 5.56 Å². The van der Waals surface area contributed by atoms with E-state index in [0.29, 0.717) is 5.56 Å². The Morgan fingerprint density at radius 1 is 1.17 bits per heavy atom. The fraction of sp³-hybridized carbons (Fsp3) is 0. The van der Waals surface area contributed by atoms with E-state index >= 15 is 0 Å². The Morgan fingerprint density at radius 3 is 2.50 bits per heavy atom. The van der Waals surface area contributed by atoms with E-state index in [4.69, 9.17) is 0 Å². The topological polar surface area (TPSA) is 30.0 Å². The Labute approximate surface area is 111 Å². The third-order valence-corrected chi connectivity index (χ3v) is 2.24. The van der Waals surface area contributed by atoms with Gasteiger partial charge in [-0.25, -0.2) is 4.39 Å². The Balaban J connectivity index is 0.00000162. The van der Waals surface area contributed by atoms with Crippen LogP contribution in [0.4, 0.5) is 4.39 Å². The lowest BCUT2D eigenvalue weighted by Crippen LogP contribution is -3.00. The first kappa shape index (κ1) is 14.1. The van der Waals surface area contributed by atoms with Gasteiger partial charge in [-0.05, 0) is 35.9 Å². The number of pyridine rings is 1. The second-order valence-electron chi connectivity index (χ2n) is 3.49. The molecular weight excluding hydrogens is 253 g/mol. The zero-order valence-corrected chi connectivity index (χ0v) is 10.1. The quantitative estimate of drug-likeness (QED) is 0.581. The molecule has 0 spiro atoms. The van der Waals surface area contributed by atoms with Gasteiger partial charge in [0.25, 0.3) is 0 Å². The average molecular weight is 263 g/mol. The molecule has 1 aromatic carbocycles. The minimum atomic E-state index is -0.291. The van der Waals surface area contributed by atoms with Crippen LogP contribution in [0.5, 0.6) is 0 Å². The molecule has 0 saturated heterocycles. The third-order valence-electron chi connectivity index (χ3n) is 2.24. The molecule has 0 fully saturated rings. The first-order chi connectivity index (χ1) is 8.25. The van der Waals surface area contributed by atoms with E-state index in [1.807, 2.05) is 0 Å². The zero-order chi connectivity index (χ0) is 12.1. The van der Waals surface area contributed by atoms with Crippen LogP contribution in [0.25, 0.3) is 6.08 Å². The number of aromatic nitrogens is 1. The van der Waals surface area contributed by atoms with Crippen molar-refractivity contribution in [2.45, 2.75) is 0 Å². The molecule has 0 bridgehead atoms. The summed E-state index contributed by atoms with van der Waals surface area (Å²) in [7, 11) is 0. The number of carbonyl (C=O) groups is 1. The molecule has 0 N–H and O–H groups in total. The first-order valence-electron chi connectivity index (χ1n) is 5.14. The second-order valence-corrected chi connectivity index (χ2v) is 3.49. The van der Waals surface area contributed by atoms with Crippen LogP contribution >= 0.6 is 0 Å². The number of allylic oxidation sites excluding steroid dienone is 1. The van der Waals surface area contributed by atoms with E-state index in [1.165, 1.54) is 24.4 Å². The summed E-state index contributed by atoms with van der Waals surface area (Å²) in [6.07, 6.45) is 6.22. The van der Waals surface area contributed by atoms with E-state index in [-0.39, 0.29) is 24.0 Å². The SMILES string of the molecule is O=C(/C=C/c1ccc(F)cc1)c1cccnc1.[Cl-]. The van der Waals surface area contributed by atoms with Gasteiger partial charge >= 0.3 is 0 Å². The van der Waals surface area contributed by atoms with E-state index in [9.17, 15) is 9.18 Å². The van der Waals surface area contributed by atoms with Gasteiger partial charge in [-0.2, -0.15) is 0 Å². The summed E-state index contributed by atoms with van der Waals surface area (Å²) < 4.78 is 12.7. The van der Waals surface area contributed by atoms with Crippen molar-refractivity contribution in [1.82, 2.24) is 4.98 Å². The van der Waals surface area contributed by atoms with Crippen LogP contribution in [-0.2, 0) is 0 Å². The molecule has 0 aliphatic heterocycles. The molecular formula is C14H10ClFNO-. The molecule has 0 saturated carbocycles. The summed E-state index contributed by atoms with van der Waals surface area (Å²) in [5.41, 5.74) is 1.31. The van der Waals surface area contributed by atoms with Crippen molar-refractivity contribution in [2.75, 3.05) is 0 Å². The van der Waals surface area contributed by atoms with Crippen LogP contribution < -0.4 is 12.4 Å². The van der Waals surface area contributed by atoms with Crippen molar-refractivity contribution >= 4 is 11.9 Å². The zero-order valence-electron chi connectivity index (χ0n) is 9.38. The Hall–Kier alpha value is -2.00. The lowest BCUT2D eigenvalue weighted by atomic mass is 10.1. The van der Waals surface area contributed by atoms with Crippen LogP contribution in [0.15, 0.2) is 54.9 Å². The Kier molecular flexibility index (Phi) is 5.21. The first-order valence-corrected chi connectivity index (χ1v) is 5.14. The summed E-state index contributed by atoms with van der Waals surface area (Å²) in [4.78, 5) is 15.6. The smallest absolute Gasteiger partial charge is 0.187 e. The molecule has 2 rings (SSSR count). The molecule has 0 amide bonds. The number of rotatable bonds is 3. The Morgan fingerprint density at radius 2 is 1.89 bits per heavy atom. The molecule has 2 nitrogen and oxygen atoms in total. The standard InChI is InChI=1S/C14H10FNO.ClH/c15-13-6-3-11(4-7-13)5-8-14(17)12-2-1-9-16-10-12;/h1-10H;1H/p-1/b8-5+;. The van der Waals surface area contributed by atoms with Crippen molar-refractivity contribution < 1.29 is 21.6 Å². The van der Waals surface area contributed by atoms with Gasteiger partial charge in [0, 0.05) is 18.0 Å². The fourth-order valence-electron chi connectivity index (χ4n) is 1.35. The number of hydrogen-bond acceptors (Lipinski definition) is 2. The van der Waals surface area contributed by atoms with Crippen molar-refractivity contribution in [2.24, 2.45) is 0 Å².